The number of nitrogens with one attached hydrogen (secondary N) is 1. The average Bonchev–Trinajstić information content (AvgIpc) is 2.70. The van der Waals surface area contributed by atoms with E-state index in [0.29, 0.717) is 41.9 Å². The predicted octanol–water partition coefficient (Wildman–Crippen LogP) is 4.06. The van der Waals surface area contributed by atoms with E-state index < -0.39 is 17.3 Å². The summed E-state index contributed by atoms with van der Waals surface area (Å²) in [7, 11) is 0. The predicted molar refractivity (Wildman–Crippen MR) is 108 cm³/mol. The van der Waals surface area contributed by atoms with Gasteiger partial charge in [-0.25, -0.2) is 4.39 Å². The number of carbonyl (C=O) groups is 2. The molecular formula is C23H19FN2O3. The van der Waals surface area contributed by atoms with Gasteiger partial charge in [0.1, 0.15) is 11.4 Å². The molecule has 0 aliphatic heterocycles. The molecule has 3 aromatic rings. The average molecular weight is 390 g/mol. The smallest absolute Gasteiger partial charge is 0.268 e. The monoisotopic (exact) mass is 390 g/mol. The zero-order chi connectivity index (χ0) is 20.5. The molecule has 0 unspecified atom stereocenters. The Labute approximate surface area is 166 Å². The van der Waals surface area contributed by atoms with Crippen molar-refractivity contribution in [2.24, 2.45) is 0 Å². The van der Waals surface area contributed by atoms with Crippen LogP contribution < -0.4 is 10.9 Å². The van der Waals surface area contributed by atoms with E-state index in [0.717, 1.165) is 5.56 Å². The fourth-order valence-electron chi connectivity index (χ4n) is 3.55. The number of pyridine rings is 1. The number of aryl methyl sites for hydroxylation is 1. The highest BCUT2D eigenvalue weighted by atomic mass is 19.1. The molecule has 1 aromatic heterocycles. The van der Waals surface area contributed by atoms with Crippen LogP contribution >= 0.6 is 0 Å². The second kappa shape index (κ2) is 7.47. The minimum absolute atomic E-state index is 0.0806. The summed E-state index contributed by atoms with van der Waals surface area (Å²) in [6, 6.07) is 14.0. The summed E-state index contributed by atoms with van der Waals surface area (Å²) in [4.78, 5) is 38.6. The molecule has 0 fully saturated rings. The summed E-state index contributed by atoms with van der Waals surface area (Å²) >= 11 is 0. The minimum Gasteiger partial charge on any atom is -0.322 e. The van der Waals surface area contributed by atoms with E-state index in [4.69, 9.17) is 0 Å². The lowest BCUT2D eigenvalue weighted by molar-refractivity contribution is 0.0971. The highest BCUT2D eigenvalue weighted by Gasteiger charge is 2.26. The van der Waals surface area contributed by atoms with Gasteiger partial charge in [0, 0.05) is 29.1 Å². The van der Waals surface area contributed by atoms with Gasteiger partial charge in [-0.15, -0.1) is 0 Å². The Kier molecular flexibility index (Phi) is 4.84. The number of hydrogen-bond acceptors (Lipinski definition) is 3. The molecule has 1 aliphatic rings. The number of carbonyl (C=O) groups excluding carboxylic acids is 2. The van der Waals surface area contributed by atoms with Crippen molar-refractivity contribution in [3.8, 4) is 5.69 Å². The molecule has 0 bridgehead atoms. The van der Waals surface area contributed by atoms with Gasteiger partial charge in [0.25, 0.3) is 11.5 Å². The third-order valence-electron chi connectivity index (χ3n) is 5.06. The Balaban J connectivity index is 1.85. The lowest BCUT2D eigenvalue weighted by atomic mass is 9.92. The number of hydrogen-bond donors (Lipinski definition) is 1. The summed E-state index contributed by atoms with van der Waals surface area (Å²) in [5.41, 5.74) is 2.45. The number of fused-ring (bicyclic) bond motifs is 1. The van der Waals surface area contributed by atoms with Gasteiger partial charge in [-0.2, -0.15) is 0 Å². The summed E-state index contributed by atoms with van der Waals surface area (Å²) < 4.78 is 14.6. The van der Waals surface area contributed by atoms with Gasteiger partial charge in [-0.05, 0) is 62.2 Å². The SMILES string of the molecule is Cc1ccc(-n2c3c(cc(C(=O)Nc4ccc(F)cc4)c2=O)C(=O)CCC3)cc1. The first-order chi connectivity index (χ1) is 13.9. The van der Waals surface area contributed by atoms with Crippen molar-refractivity contribution in [2.45, 2.75) is 26.2 Å². The fourth-order valence-corrected chi connectivity index (χ4v) is 3.55. The van der Waals surface area contributed by atoms with Crippen LogP contribution in [-0.2, 0) is 6.42 Å². The molecule has 1 amide bonds. The van der Waals surface area contributed by atoms with Crippen LogP contribution in [0.5, 0.6) is 0 Å². The second-order valence-corrected chi connectivity index (χ2v) is 7.13. The van der Waals surface area contributed by atoms with Gasteiger partial charge in [-0.3, -0.25) is 19.0 Å². The van der Waals surface area contributed by atoms with Crippen LogP contribution in [0.25, 0.3) is 5.69 Å². The molecule has 0 radical (unpaired) electrons. The highest BCUT2D eigenvalue weighted by Crippen LogP contribution is 2.24. The van der Waals surface area contributed by atoms with E-state index in [1.165, 1.54) is 34.9 Å². The molecule has 0 saturated carbocycles. The van der Waals surface area contributed by atoms with E-state index >= 15 is 0 Å². The van der Waals surface area contributed by atoms with Crippen molar-refractivity contribution in [2.75, 3.05) is 5.32 Å². The molecule has 4 rings (SSSR count). The maximum absolute atomic E-state index is 13.2. The lowest BCUT2D eigenvalue weighted by Crippen LogP contribution is -2.33. The number of Topliss-reactive ketones (excluding diaryl/α,β-unsaturated/α-hetero) is 1. The third-order valence-corrected chi connectivity index (χ3v) is 5.06. The molecule has 1 N–H and O–H groups in total. The van der Waals surface area contributed by atoms with Crippen LogP contribution in [0.1, 0.15) is 44.8 Å². The van der Waals surface area contributed by atoms with E-state index in [-0.39, 0.29) is 11.3 Å². The van der Waals surface area contributed by atoms with Crippen molar-refractivity contribution < 1.29 is 14.0 Å². The molecule has 0 spiro atoms. The number of halogens is 1. The molecule has 146 valence electrons. The molecule has 0 atom stereocenters. The number of rotatable bonds is 3. The van der Waals surface area contributed by atoms with Gasteiger partial charge in [-0.1, -0.05) is 17.7 Å². The largest absolute Gasteiger partial charge is 0.322 e. The van der Waals surface area contributed by atoms with Crippen molar-refractivity contribution in [1.82, 2.24) is 4.57 Å². The Morgan fingerprint density at radius 1 is 1.00 bits per heavy atom. The summed E-state index contributed by atoms with van der Waals surface area (Å²) in [5, 5.41) is 2.61. The van der Waals surface area contributed by atoms with Gasteiger partial charge in [0.05, 0.1) is 0 Å². The van der Waals surface area contributed by atoms with E-state index in [9.17, 15) is 18.8 Å². The van der Waals surface area contributed by atoms with Crippen molar-refractivity contribution in [3.63, 3.8) is 0 Å². The van der Waals surface area contributed by atoms with Crippen molar-refractivity contribution in [3.05, 3.63) is 93.2 Å². The maximum Gasteiger partial charge on any atom is 0.268 e. The molecule has 2 aromatic carbocycles. The summed E-state index contributed by atoms with van der Waals surface area (Å²) in [6.45, 7) is 1.94. The Morgan fingerprint density at radius 2 is 1.69 bits per heavy atom. The molecule has 6 heteroatoms. The minimum atomic E-state index is -0.636. The Hall–Kier alpha value is -3.54. The highest BCUT2D eigenvalue weighted by molar-refractivity contribution is 6.06. The van der Waals surface area contributed by atoms with Crippen LogP contribution in [0.4, 0.5) is 10.1 Å². The zero-order valence-electron chi connectivity index (χ0n) is 15.9. The first kappa shape index (κ1) is 18.8. The number of anilines is 1. The van der Waals surface area contributed by atoms with Gasteiger partial charge < -0.3 is 5.32 Å². The topological polar surface area (TPSA) is 68.2 Å². The van der Waals surface area contributed by atoms with Gasteiger partial charge in [0.15, 0.2) is 5.78 Å². The quantitative estimate of drug-likeness (QED) is 0.733. The number of nitrogens with zero attached hydrogens (tertiary/aromatic N) is 1. The van der Waals surface area contributed by atoms with Crippen molar-refractivity contribution >= 4 is 17.4 Å². The molecule has 1 heterocycles. The first-order valence-electron chi connectivity index (χ1n) is 9.40. The zero-order valence-corrected chi connectivity index (χ0v) is 15.9. The molecule has 0 saturated heterocycles. The standard InChI is InChI=1S/C23H19FN2O3/c1-14-5-11-17(12-6-14)26-20-3-2-4-21(27)18(20)13-19(23(26)29)22(28)25-16-9-7-15(24)8-10-16/h5-13H,2-4H2,1H3,(H,25,28). The summed E-state index contributed by atoms with van der Waals surface area (Å²) in [5.74, 6) is -1.14. The number of amides is 1. The third kappa shape index (κ3) is 3.61. The molecule has 29 heavy (non-hydrogen) atoms. The van der Waals surface area contributed by atoms with Crippen LogP contribution in [0.3, 0.4) is 0 Å². The second-order valence-electron chi connectivity index (χ2n) is 7.13. The van der Waals surface area contributed by atoms with E-state index in [1.54, 1.807) is 12.1 Å². The first-order valence-corrected chi connectivity index (χ1v) is 9.40. The molecule has 5 nitrogen and oxygen atoms in total. The normalized spacial score (nSPS) is 13.1. The van der Waals surface area contributed by atoms with Gasteiger partial charge in [0.2, 0.25) is 0 Å². The van der Waals surface area contributed by atoms with Crippen molar-refractivity contribution in [1.29, 1.82) is 0 Å². The van der Waals surface area contributed by atoms with Crippen LogP contribution in [0.2, 0.25) is 0 Å². The Morgan fingerprint density at radius 3 is 2.38 bits per heavy atom. The van der Waals surface area contributed by atoms with E-state index in [2.05, 4.69) is 5.32 Å². The number of benzene rings is 2. The molecule has 1 aliphatic carbocycles. The lowest BCUT2D eigenvalue weighted by Gasteiger charge is -2.21. The van der Waals surface area contributed by atoms with E-state index in [1.807, 2.05) is 19.1 Å². The van der Waals surface area contributed by atoms with Crippen LogP contribution in [-0.4, -0.2) is 16.3 Å². The molecular weight excluding hydrogens is 371 g/mol. The number of ketones is 1. The fraction of sp³-hybridized carbons (Fsp3) is 0.174. The maximum atomic E-state index is 13.2. The van der Waals surface area contributed by atoms with Gasteiger partial charge >= 0.3 is 0 Å². The summed E-state index contributed by atoms with van der Waals surface area (Å²) in [6.07, 6.45) is 1.64. The van der Waals surface area contributed by atoms with Crippen LogP contribution in [0.15, 0.2) is 59.4 Å². The number of aromatic nitrogens is 1. The Bertz CT molecular complexity index is 1160. The van der Waals surface area contributed by atoms with Crippen LogP contribution in [0, 0.1) is 12.7 Å².